The Morgan fingerprint density at radius 1 is 0.821 bits per heavy atom. The summed E-state index contributed by atoms with van der Waals surface area (Å²) in [5, 5.41) is 3.23. The first-order valence-corrected chi connectivity index (χ1v) is 11.7. The van der Waals surface area contributed by atoms with Gasteiger partial charge in [-0.2, -0.15) is 0 Å². The molecule has 2 heterocycles. The molecule has 0 spiro atoms. The largest absolute Gasteiger partial charge is 0.352 e. The average molecular weight is 391 g/mol. The normalized spacial score (nSPS) is 28.3. The Morgan fingerprint density at radius 2 is 1.57 bits per heavy atom. The summed E-state index contributed by atoms with van der Waals surface area (Å²) in [5.41, 5.74) is 0. The van der Waals surface area contributed by atoms with Crippen LogP contribution in [0.5, 0.6) is 0 Å². The zero-order valence-corrected chi connectivity index (χ0v) is 17.4. The van der Waals surface area contributed by atoms with Gasteiger partial charge in [0.1, 0.15) is 0 Å². The fraction of sp³-hybridized carbons (Fsp3) is 0.909. The standard InChI is InChI=1S/C22H38N4O2/c27-21(15-18-5-2-1-3-6-18)23-19-9-10-24(16-19)17-22(28)26-13-11-25(12-14-26)20-7-4-8-20/h18-20H,1-17H2,(H,23,27). The molecule has 0 radical (unpaired) electrons. The van der Waals surface area contributed by atoms with Crippen LogP contribution in [0.15, 0.2) is 0 Å². The second kappa shape index (κ2) is 9.57. The molecule has 4 fully saturated rings. The van der Waals surface area contributed by atoms with Gasteiger partial charge >= 0.3 is 0 Å². The Morgan fingerprint density at radius 3 is 2.25 bits per heavy atom. The Kier molecular flexibility index (Phi) is 6.89. The van der Waals surface area contributed by atoms with E-state index in [-0.39, 0.29) is 17.9 Å². The number of rotatable bonds is 6. The monoisotopic (exact) mass is 390 g/mol. The van der Waals surface area contributed by atoms with E-state index in [1.807, 2.05) is 4.90 Å². The van der Waals surface area contributed by atoms with E-state index in [1.165, 1.54) is 51.4 Å². The summed E-state index contributed by atoms with van der Waals surface area (Å²) in [6.07, 6.45) is 12.1. The van der Waals surface area contributed by atoms with Gasteiger partial charge in [-0.3, -0.25) is 19.4 Å². The van der Waals surface area contributed by atoms with Crippen molar-refractivity contribution in [3.63, 3.8) is 0 Å². The van der Waals surface area contributed by atoms with E-state index in [0.717, 1.165) is 51.7 Å². The van der Waals surface area contributed by atoms with E-state index in [1.54, 1.807) is 0 Å². The molecule has 158 valence electrons. The SMILES string of the molecule is O=C(CC1CCCCC1)NC1CCN(CC(=O)N2CCN(C3CCC3)CC2)C1. The summed E-state index contributed by atoms with van der Waals surface area (Å²) in [6.45, 7) is 6.09. The molecule has 0 aromatic carbocycles. The highest BCUT2D eigenvalue weighted by Gasteiger charge is 2.31. The molecule has 1 atom stereocenters. The number of nitrogens with zero attached hydrogens (tertiary/aromatic N) is 3. The molecule has 6 nitrogen and oxygen atoms in total. The first-order valence-electron chi connectivity index (χ1n) is 11.7. The lowest BCUT2D eigenvalue weighted by atomic mass is 9.87. The molecule has 0 aromatic rings. The second-order valence-corrected chi connectivity index (χ2v) is 9.50. The van der Waals surface area contributed by atoms with Crippen LogP contribution in [-0.4, -0.2) is 84.4 Å². The van der Waals surface area contributed by atoms with Crippen molar-refractivity contribution >= 4 is 11.8 Å². The van der Waals surface area contributed by atoms with E-state index in [2.05, 4.69) is 15.1 Å². The Bertz CT molecular complexity index is 537. The molecule has 1 N–H and O–H groups in total. The highest BCUT2D eigenvalue weighted by Crippen LogP contribution is 2.27. The number of piperazine rings is 1. The van der Waals surface area contributed by atoms with Gasteiger partial charge in [0.15, 0.2) is 0 Å². The molecule has 2 saturated carbocycles. The van der Waals surface area contributed by atoms with Gasteiger partial charge in [-0.25, -0.2) is 0 Å². The molecule has 28 heavy (non-hydrogen) atoms. The van der Waals surface area contributed by atoms with Gasteiger partial charge in [0.05, 0.1) is 6.54 Å². The molecule has 2 aliphatic carbocycles. The third kappa shape index (κ3) is 5.26. The van der Waals surface area contributed by atoms with Crippen molar-refractivity contribution in [1.82, 2.24) is 20.0 Å². The van der Waals surface area contributed by atoms with E-state index >= 15 is 0 Å². The number of nitrogens with one attached hydrogen (secondary N) is 1. The van der Waals surface area contributed by atoms with Crippen molar-refractivity contribution < 1.29 is 9.59 Å². The lowest BCUT2D eigenvalue weighted by Gasteiger charge is -2.43. The molecule has 2 aliphatic heterocycles. The predicted octanol–water partition coefficient (Wildman–Crippen LogP) is 1.84. The van der Waals surface area contributed by atoms with Crippen molar-refractivity contribution in [3.05, 3.63) is 0 Å². The number of hydrogen-bond acceptors (Lipinski definition) is 4. The Labute approximate surface area is 170 Å². The van der Waals surface area contributed by atoms with Crippen molar-refractivity contribution in [3.8, 4) is 0 Å². The van der Waals surface area contributed by atoms with Gasteiger partial charge in [0, 0.05) is 57.8 Å². The van der Waals surface area contributed by atoms with Gasteiger partial charge in [-0.05, 0) is 38.0 Å². The maximum absolute atomic E-state index is 12.7. The van der Waals surface area contributed by atoms with Crippen molar-refractivity contribution in [2.45, 2.75) is 76.3 Å². The molecule has 1 unspecified atom stereocenters. The average Bonchev–Trinajstić information content (AvgIpc) is 3.08. The van der Waals surface area contributed by atoms with Crippen LogP contribution in [0.25, 0.3) is 0 Å². The molecule has 4 rings (SSSR count). The Balaban J connectivity index is 1.13. The van der Waals surface area contributed by atoms with Crippen molar-refractivity contribution in [2.24, 2.45) is 5.92 Å². The summed E-state index contributed by atoms with van der Waals surface area (Å²) >= 11 is 0. The second-order valence-electron chi connectivity index (χ2n) is 9.50. The van der Waals surface area contributed by atoms with Crippen LogP contribution in [0.1, 0.15) is 64.2 Å². The van der Waals surface area contributed by atoms with E-state index in [9.17, 15) is 9.59 Å². The molecular weight excluding hydrogens is 352 g/mol. The summed E-state index contributed by atoms with van der Waals surface area (Å²) < 4.78 is 0. The van der Waals surface area contributed by atoms with Gasteiger partial charge in [0.25, 0.3) is 0 Å². The summed E-state index contributed by atoms with van der Waals surface area (Å²) in [5.74, 6) is 1.08. The zero-order chi connectivity index (χ0) is 19.3. The lowest BCUT2D eigenvalue weighted by molar-refractivity contribution is -0.134. The predicted molar refractivity (Wildman–Crippen MR) is 110 cm³/mol. The van der Waals surface area contributed by atoms with Crippen LogP contribution in [0, 0.1) is 5.92 Å². The lowest BCUT2D eigenvalue weighted by Crippen LogP contribution is -2.55. The van der Waals surface area contributed by atoms with E-state index in [4.69, 9.17) is 0 Å². The van der Waals surface area contributed by atoms with Crippen LogP contribution in [0.2, 0.25) is 0 Å². The Hall–Kier alpha value is -1.14. The highest BCUT2D eigenvalue weighted by atomic mass is 16.2. The summed E-state index contributed by atoms with van der Waals surface area (Å²) in [7, 11) is 0. The first kappa shape index (κ1) is 20.1. The van der Waals surface area contributed by atoms with Gasteiger partial charge in [-0.15, -0.1) is 0 Å². The molecule has 2 saturated heterocycles. The minimum absolute atomic E-state index is 0.220. The van der Waals surface area contributed by atoms with Gasteiger partial charge < -0.3 is 10.2 Å². The van der Waals surface area contributed by atoms with Crippen LogP contribution in [0.4, 0.5) is 0 Å². The van der Waals surface area contributed by atoms with Crippen LogP contribution >= 0.6 is 0 Å². The highest BCUT2D eigenvalue weighted by molar-refractivity contribution is 5.78. The fourth-order valence-corrected chi connectivity index (χ4v) is 5.41. The summed E-state index contributed by atoms with van der Waals surface area (Å²) in [6, 6.07) is 1.01. The third-order valence-corrected chi connectivity index (χ3v) is 7.45. The summed E-state index contributed by atoms with van der Waals surface area (Å²) in [4.78, 5) is 31.9. The van der Waals surface area contributed by atoms with Crippen molar-refractivity contribution in [2.75, 3.05) is 45.8 Å². The molecule has 0 bridgehead atoms. The number of likely N-dealkylation sites (tertiary alicyclic amines) is 1. The minimum Gasteiger partial charge on any atom is -0.352 e. The van der Waals surface area contributed by atoms with Crippen LogP contribution in [-0.2, 0) is 9.59 Å². The molecule has 4 aliphatic rings. The van der Waals surface area contributed by atoms with Crippen LogP contribution in [0.3, 0.4) is 0 Å². The molecule has 6 heteroatoms. The minimum atomic E-state index is 0.220. The fourth-order valence-electron chi connectivity index (χ4n) is 5.41. The van der Waals surface area contributed by atoms with E-state index < -0.39 is 0 Å². The smallest absolute Gasteiger partial charge is 0.236 e. The third-order valence-electron chi connectivity index (χ3n) is 7.45. The number of hydrogen-bond donors (Lipinski definition) is 1. The van der Waals surface area contributed by atoms with E-state index in [0.29, 0.717) is 18.9 Å². The topological polar surface area (TPSA) is 55.9 Å². The van der Waals surface area contributed by atoms with Crippen LogP contribution < -0.4 is 5.32 Å². The number of amides is 2. The van der Waals surface area contributed by atoms with Gasteiger partial charge in [-0.1, -0.05) is 25.7 Å². The van der Waals surface area contributed by atoms with Crippen molar-refractivity contribution in [1.29, 1.82) is 0 Å². The van der Waals surface area contributed by atoms with Gasteiger partial charge in [0.2, 0.25) is 11.8 Å². The molecule has 0 aromatic heterocycles. The maximum Gasteiger partial charge on any atom is 0.236 e. The number of carbonyl (C=O) groups is 2. The number of carbonyl (C=O) groups excluding carboxylic acids is 2. The quantitative estimate of drug-likeness (QED) is 0.752. The zero-order valence-electron chi connectivity index (χ0n) is 17.4. The molecule has 2 amide bonds. The molecular formula is C22H38N4O2. The first-order chi connectivity index (χ1) is 13.7. The maximum atomic E-state index is 12.7.